The molecule has 1 aliphatic rings. The fourth-order valence-corrected chi connectivity index (χ4v) is 3.45. The number of aryl methyl sites for hydroxylation is 1. The Labute approximate surface area is 123 Å². The second kappa shape index (κ2) is 5.67. The molecule has 20 heavy (non-hydrogen) atoms. The maximum absolute atomic E-state index is 12.4. The Kier molecular flexibility index (Phi) is 3.74. The van der Waals surface area contributed by atoms with Crippen LogP contribution in [0.5, 0.6) is 0 Å². The zero-order valence-corrected chi connectivity index (χ0v) is 12.3. The number of benzene rings is 1. The Morgan fingerprint density at radius 1 is 1.40 bits per heavy atom. The fourth-order valence-electron chi connectivity index (χ4n) is 2.74. The fraction of sp³-hybridized carbons (Fsp3) is 0.312. The monoisotopic (exact) mass is 286 g/mol. The number of nitrogens with one attached hydrogen (secondary N) is 1. The first-order valence-electron chi connectivity index (χ1n) is 6.90. The van der Waals surface area contributed by atoms with Crippen molar-refractivity contribution >= 4 is 23.1 Å². The first kappa shape index (κ1) is 13.2. The van der Waals surface area contributed by atoms with Gasteiger partial charge in [-0.1, -0.05) is 12.1 Å². The van der Waals surface area contributed by atoms with Gasteiger partial charge in [-0.25, -0.2) is 4.79 Å². The molecule has 2 amide bonds. The predicted molar refractivity (Wildman–Crippen MR) is 83.2 cm³/mol. The van der Waals surface area contributed by atoms with Gasteiger partial charge in [-0.05, 0) is 59.9 Å². The number of hydrogen-bond acceptors (Lipinski definition) is 2. The van der Waals surface area contributed by atoms with Crippen molar-refractivity contribution in [3.63, 3.8) is 0 Å². The van der Waals surface area contributed by atoms with Crippen molar-refractivity contribution < 1.29 is 4.79 Å². The number of nitrogens with zero attached hydrogens (tertiary/aromatic N) is 1. The second-order valence-corrected chi connectivity index (χ2v) is 5.99. The molecule has 3 nitrogen and oxygen atoms in total. The molecular formula is C16H18N2OS. The van der Waals surface area contributed by atoms with Crippen LogP contribution >= 0.6 is 11.3 Å². The minimum absolute atomic E-state index is 0.00398. The summed E-state index contributed by atoms with van der Waals surface area (Å²) in [5.74, 6) is 0. The Balaban J connectivity index is 1.73. The standard InChI is InChI=1S/C16H18N2OS/c1-12-4-2-5-14(10-12)17-16(19)18-8-3-6-15(18)13-7-9-20-11-13/h2,4-5,7,9-11,15H,3,6,8H2,1H3,(H,17,19). The van der Waals surface area contributed by atoms with Gasteiger partial charge in [-0.2, -0.15) is 11.3 Å². The molecule has 1 aromatic heterocycles. The van der Waals surface area contributed by atoms with Crippen molar-refractivity contribution in [1.29, 1.82) is 0 Å². The number of hydrogen-bond donors (Lipinski definition) is 1. The maximum atomic E-state index is 12.4. The predicted octanol–water partition coefficient (Wildman–Crippen LogP) is 4.43. The van der Waals surface area contributed by atoms with E-state index in [1.54, 1.807) is 11.3 Å². The van der Waals surface area contributed by atoms with Gasteiger partial charge in [-0.3, -0.25) is 0 Å². The normalized spacial score (nSPS) is 18.2. The zero-order valence-electron chi connectivity index (χ0n) is 11.5. The van der Waals surface area contributed by atoms with Gasteiger partial charge >= 0.3 is 6.03 Å². The lowest BCUT2D eigenvalue weighted by Gasteiger charge is -2.24. The van der Waals surface area contributed by atoms with Crippen molar-refractivity contribution in [3.8, 4) is 0 Å². The molecule has 2 aromatic rings. The van der Waals surface area contributed by atoms with Gasteiger partial charge in [0.15, 0.2) is 0 Å². The van der Waals surface area contributed by atoms with Gasteiger partial charge in [0.2, 0.25) is 0 Å². The van der Waals surface area contributed by atoms with E-state index in [0.29, 0.717) is 0 Å². The highest BCUT2D eigenvalue weighted by Crippen LogP contribution is 2.33. The van der Waals surface area contributed by atoms with E-state index in [0.717, 1.165) is 30.6 Å². The topological polar surface area (TPSA) is 32.3 Å². The van der Waals surface area contributed by atoms with E-state index in [1.807, 2.05) is 36.1 Å². The third-order valence-electron chi connectivity index (χ3n) is 3.71. The third-order valence-corrected chi connectivity index (χ3v) is 4.41. The van der Waals surface area contributed by atoms with Crippen LogP contribution in [0.1, 0.15) is 30.0 Å². The van der Waals surface area contributed by atoms with Gasteiger partial charge in [0.25, 0.3) is 0 Å². The number of amides is 2. The number of urea groups is 1. The molecule has 1 unspecified atom stereocenters. The third kappa shape index (κ3) is 2.70. The average molecular weight is 286 g/mol. The molecular weight excluding hydrogens is 268 g/mol. The molecule has 0 radical (unpaired) electrons. The van der Waals surface area contributed by atoms with E-state index < -0.39 is 0 Å². The molecule has 0 spiro atoms. The van der Waals surface area contributed by atoms with Crippen molar-refractivity contribution in [1.82, 2.24) is 4.90 Å². The lowest BCUT2D eigenvalue weighted by molar-refractivity contribution is 0.207. The van der Waals surface area contributed by atoms with E-state index in [9.17, 15) is 4.79 Å². The van der Waals surface area contributed by atoms with Gasteiger partial charge < -0.3 is 10.2 Å². The summed E-state index contributed by atoms with van der Waals surface area (Å²) in [4.78, 5) is 14.4. The van der Waals surface area contributed by atoms with Gasteiger partial charge in [0, 0.05) is 12.2 Å². The van der Waals surface area contributed by atoms with Crippen LogP contribution in [0.2, 0.25) is 0 Å². The summed E-state index contributed by atoms with van der Waals surface area (Å²) in [7, 11) is 0. The number of likely N-dealkylation sites (tertiary alicyclic amines) is 1. The van der Waals surface area contributed by atoms with Crippen LogP contribution in [0.3, 0.4) is 0 Å². The van der Waals surface area contributed by atoms with Crippen LogP contribution in [-0.2, 0) is 0 Å². The van der Waals surface area contributed by atoms with Crippen molar-refractivity contribution in [2.75, 3.05) is 11.9 Å². The van der Waals surface area contributed by atoms with Crippen molar-refractivity contribution in [2.24, 2.45) is 0 Å². The Bertz CT molecular complexity index is 594. The molecule has 3 rings (SSSR count). The molecule has 1 fully saturated rings. The Hall–Kier alpha value is -1.81. The molecule has 0 aliphatic carbocycles. The van der Waals surface area contributed by atoms with Crippen LogP contribution in [0.25, 0.3) is 0 Å². The van der Waals surface area contributed by atoms with Gasteiger partial charge in [0.05, 0.1) is 6.04 Å². The molecule has 4 heteroatoms. The van der Waals surface area contributed by atoms with Crippen molar-refractivity contribution in [2.45, 2.75) is 25.8 Å². The molecule has 1 N–H and O–H groups in total. The summed E-state index contributed by atoms with van der Waals surface area (Å²) >= 11 is 1.69. The summed E-state index contributed by atoms with van der Waals surface area (Å²) in [6.07, 6.45) is 2.12. The summed E-state index contributed by atoms with van der Waals surface area (Å²) < 4.78 is 0. The molecule has 1 saturated heterocycles. The second-order valence-electron chi connectivity index (χ2n) is 5.21. The SMILES string of the molecule is Cc1cccc(NC(=O)N2CCCC2c2ccsc2)c1. The highest BCUT2D eigenvalue weighted by atomic mass is 32.1. The highest BCUT2D eigenvalue weighted by molar-refractivity contribution is 7.07. The largest absolute Gasteiger partial charge is 0.322 e. The molecule has 104 valence electrons. The summed E-state index contributed by atoms with van der Waals surface area (Å²) in [5.41, 5.74) is 3.27. The molecule has 1 aromatic carbocycles. The Morgan fingerprint density at radius 2 is 2.30 bits per heavy atom. The molecule has 0 saturated carbocycles. The number of thiophene rings is 1. The minimum atomic E-state index is 0.00398. The number of carbonyl (C=O) groups excluding carboxylic acids is 1. The molecule has 1 atom stereocenters. The van der Waals surface area contributed by atoms with Crippen LogP contribution in [0, 0.1) is 6.92 Å². The first-order chi connectivity index (χ1) is 9.74. The highest BCUT2D eigenvalue weighted by Gasteiger charge is 2.30. The summed E-state index contributed by atoms with van der Waals surface area (Å²) in [6.45, 7) is 2.86. The van der Waals surface area contributed by atoms with E-state index in [1.165, 1.54) is 5.56 Å². The zero-order chi connectivity index (χ0) is 13.9. The lowest BCUT2D eigenvalue weighted by Crippen LogP contribution is -2.34. The van der Waals surface area contributed by atoms with Gasteiger partial charge in [-0.15, -0.1) is 0 Å². The first-order valence-corrected chi connectivity index (χ1v) is 7.85. The molecule has 2 heterocycles. The van der Waals surface area contributed by atoms with Crippen LogP contribution in [0.4, 0.5) is 10.5 Å². The smallest absolute Gasteiger partial charge is 0.317 e. The summed E-state index contributed by atoms with van der Waals surface area (Å²) in [5, 5.41) is 7.22. The average Bonchev–Trinajstić information content (AvgIpc) is 3.09. The lowest BCUT2D eigenvalue weighted by atomic mass is 10.1. The van der Waals surface area contributed by atoms with Crippen LogP contribution in [0.15, 0.2) is 41.1 Å². The number of carbonyl (C=O) groups is 1. The van der Waals surface area contributed by atoms with Gasteiger partial charge in [0.1, 0.15) is 0 Å². The Morgan fingerprint density at radius 3 is 3.05 bits per heavy atom. The number of rotatable bonds is 2. The maximum Gasteiger partial charge on any atom is 0.322 e. The molecule has 0 bridgehead atoms. The van der Waals surface area contributed by atoms with Crippen LogP contribution in [-0.4, -0.2) is 17.5 Å². The quantitative estimate of drug-likeness (QED) is 0.870. The minimum Gasteiger partial charge on any atom is -0.317 e. The summed E-state index contributed by atoms with van der Waals surface area (Å²) in [6, 6.07) is 10.3. The number of anilines is 1. The van der Waals surface area contributed by atoms with E-state index in [2.05, 4.69) is 22.1 Å². The van der Waals surface area contributed by atoms with E-state index in [4.69, 9.17) is 0 Å². The molecule has 1 aliphatic heterocycles. The van der Waals surface area contributed by atoms with Crippen molar-refractivity contribution in [3.05, 3.63) is 52.2 Å². The van der Waals surface area contributed by atoms with E-state index in [-0.39, 0.29) is 12.1 Å². The van der Waals surface area contributed by atoms with Crippen LogP contribution < -0.4 is 5.32 Å². The van der Waals surface area contributed by atoms with E-state index >= 15 is 0 Å².